The summed E-state index contributed by atoms with van der Waals surface area (Å²) >= 11 is 11.9. The summed E-state index contributed by atoms with van der Waals surface area (Å²) in [5.41, 5.74) is -1.24. The van der Waals surface area contributed by atoms with Gasteiger partial charge in [-0.05, 0) is 48.4 Å². The van der Waals surface area contributed by atoms with Gasteiger partial charge in [0.05, 0.1) is 5.71 Å². The molecule has 0 radical (unpaired) electrons. The van der Waals surface area contributed by atoms with Crippen molar-refractivity contribution in [3.05, 3.63) is 68.7 Å². The van der Waals surface area contributed by atoms with Crippen LogP contribution in [0.1, 0.15) is 33.5 Å². The van der Waals surface area contributed by atoms with Gasteiger partial charge in [-0.2, -0.15) is 13.2 Å². The number of nitrogens with two attached hydrogens (primary N) is 1. The second-order valence-electron chi connectivity index (χ2n) is 7.75. The molecule has 4 rings (SSSR count). The SMILES string of the molecule is Cc1cc(C2=NO[C@@](c3cc(Cl)cc(Cl)c3)(C(F)(F)F)C2)ccc1C(=O)NC1C[NH2+]C1. The third-order valence-electron chi connectivity index (χ3n) is 5.56. The number of oxime groups is 1. The zero-order valence-electron chi connectivity index (χ0n) is 16.4. The molecule has 2 heterocycles. The van der Waals surface area contributed by atoms with E-state index in [1.165, 1.54) is 18.2 Å². The van der Waals surface area contributed by atoms with E-state index in [0.29, 0.717) is 16.7 Å². The number of nitrogens with zero attached hydrogens (tertiary/aromatic N) is 1. The number of aryl methyl sites for hydroxylation is 1. The molecular formula is C21H19Cl2F3N3O2+. The summed E-state index contributed by atoms with van der Waals surface area (Å²) in [4.78, 5) is 17.5. The molecule has 0 unspecified atom stereocenters. The first-order valence-corrected chi connectivity index (χ1v) is 10.4. The van der Waals surface area contributed by atoms with Gasteiger partial charge in [-0.25, -0.2) is 0 Å². The summed E-state index contributed by atoms with van der Waals surface area (Å²) in [5.74, 6) is -0.204. The molecule has 1 amide bonds. The molecule has 5 nitrogen and oxygen atoms in total. The van der Waals surface area contributed by atoms with E-state index >= 15 is 0 Å². The van der Waals surface area contributed by atoms with Crippen LogP contribution in [0, 0.1) is 6.92 Å². The number of alkyl halides is 3. The molecule has 0 saturated carbocycles. The van der Waals surface area contributed by atoms with Gasteiger partial charge in [0.1, 0.15) is 19.1 Å². The van der Waals surface area contributed by atoms with E-state index in [2.05, 4.69) is 15.8 Å². The smallest absolute Gasteiger partial charge is 0.374 e. The fourth-order valence-electron chi connectivity index (χ4n) is 3.66. The van der Waals surface area contributed by atoms with Crippen LogP contribution in [0.25, 0.3) is 0 Å². The molecule has 1 fully saturated rings. The van der Waals surface area contributed by atoms with E-state index in [4.69, 9.17) is 28.0 Å². The van der Waals surface area contributed by atoms with Crippen LogP contribution in [-0.2, 0) is 10.4 Å². The first-order valence-electron chi connectivity index (χ1n) is 9.61. The van der Waals surface area contributed by atoms with Crippen molar-refractivity contribution in [3.63, 3.8) is 0 Å². The monoisotopic (exact) mass is 472 g/mol. The Bertz CT molecular complexity index is 1050. The number of nitrogens with one attached hydrogen (secondary N) is 1. The zero-order chi connectivity index (χ0) is 22.4. The number of carbonyl (C=O) groups is 1. The van der Waals surface area contributed by atoms with Gasteiger partial charge in [0, 0.05) is 27.6 Å². The van der Waals surface area contributed by atoms with Crippen molar-refractivity contribution < 1.29 is 28.1 Å². The van der Waals surface area contributed by atoms with E-state index in [1.54, 1.807) is 25.1 Å². The Hall–Kier alpha value is -2.29. The largest absolute Gasteiger partial charge is 0.435 e. The molecule has 31 heavy (non-hydrogen) atoms. The molecule has 0 aromatic heterocycles. The Morgan fingerprint density at radius 1 is 1.19 bits per heavy atom. The highest BCUT2D eigenvalue weighted by molar-refractivity contribution is 6.34. The van der Waals surface area contributed by atoms with Gasteiger partial charge >= 0.3 is 6.18 Å². The standard InChI is InChI=1S/C21H18Cl2F3N3O2/c1-11-4-12(2-3-17(11)19(30)28-16-9-27-10-16)18-8-20(31-29-18,21(24,25)26)13-5-14(22)7-15(23)6-13/h2-7,16,27H,8-10H2,1H3,(H,28,30)/p+1/t20-/m0/s1. The van der Waals surface area contributed by atoms with E-state index in [0.717, 1.165) is 13.1 Å². The van der Waals surface area contributed by atoms with E-state index in [1.807, 2.05) is 0 Å². The van der Waals surface area contributed by atoms with Crippen molar-refractivity contribution in [3.8, 4) is 0 Å². The average Bonchev–Trinajstić information content (AvgIpc) is 3.10. The third-order valence-corrected chi connectivity index (χ3v) is 5.99. The summed E-state index contributed by atoms with van der Waals surface area (Å²) < 4.78 is 42.4. The molecule has 2 aliphatic rings. The maximum absolute atomic E-state index is 14.1. The zero-order valence-corrected chi connectivity index (χ0v) is 17.9. The first-order chi connectivity index (χ1) is 14.6. The summed E-state index contributed by atoms with van der Waals surface area (Å²) in [7, 11) is 0. The minimum atomic E-state index is -4.76. The summed E-state index contributed by atoms with van der Waals surface area (Å²) in [6.07, 6.45) is -5.31. The number of carbonyl (C=O) groups excluding carboxylic acids is 1. The van der Waals surface area contributed by atoms with E-state index in [-0.39, 0.29) is 33.3 Å². The first kappa shape index (κ1) is 21.9. The average molecular weight is 473 g/mol. The maximum Gasteiger partial charge on any atom is 0.435 e. The maximum atomic E-state index is 14.1. The number of benzene rings is 2. The van der Waals surface area contributed by atoms with Crippen molar-refractivity contribution in [2.24, 2.45) is 5.16 Å². The molecule has 1 saturated heterocycles. The minimum absolute atomic E-state index is 0.0680. The van der Waals surface area contributed by atoms with Crippen LogP contribution in [0.2, 0.25) is 10.0 Å². The lowest BCUT2D eigenvalue weighted by Gasteiger charge is -2.29. The number of rotatable bonds is 4. The van der Waals surface area contributed by atoms with Gasteiger partial charge in [-0.15, -0.1) is 0 Å². The van der Waals surface area contributed by atoms with Gasteiger partial charge in [0.15, 0.2) is 0 Å². The van der Waals surface area contributed by atoms with Crippen LogP contribution in [0.4, 0.5) is 13.2 Å². The van der Waals surface area contributed by atoms with Crippen molar-refractivity contribution in [1.82, 2.24) is 5.32 Å². The number of quaternary nitrogens is 1. The van der Waals surface area contributed by atoms with Crippen LogP contribution >= 0.6 is 23.2 Å². The fourth-order valence-corrected chi connectivity index (χ4v) is 4.18. The molecule has 0 spiro atoms. The molecule has 3 N–H and O–H groups in total. The lowest BCUT2D eigenvalue weighted by atomic mass is 9.86. The predicted octanol–water partition coefficient (Wildman–Crippen LogP) is 3.56. The Morgan fingerprint density at radius 3 is 2.42 bits per heavy atom. The lowest BCUT2D eigenvalue weighted by molar-refractivity contribution is -0.711. The summed E-state index contributed by atoms with van der Waals surface area (Å²) in [6, 6.07) is 8.65. The third kappa shape index (κ3) is 4.12. The van der Waals surface area contributed by atoms with Crippen molar-refractivity contribution >= 4 is 34.8 Å². The van der Waals surface area contributed by atoms with Crippen molar-refractivity contribution in [2.75, 3.05) is 13.1 Å². The van der Waals surface area contributed by atoms with Gasteiger partial charge in [-0.3, -0.25) is 4.79 Å². The molecule has 10 heteroatoms. The van der Waals surface area contributed by atoms with E-state index in [9.17, 15) is 18.0 Å². The number of amides is 1. The molecule has 0 aliphatic carbocycles. The molecule has 164 valence electrons. The Balaban J connectivity index is 1.61. The van der Waals surface area contributed by atoms with Crippen molar-refractivity contribution in [1.29, 1.82) is 0 Å². The van der Waals surface area contributed by atoms with Crippen LogP contribution in [0.5, 0.6) is 0 Å². The summed E-state index contributed by atoms with van der Waals surface area (Å²) in [5, 5.41) is 8.90. The number of halogens is 5. The fraction of sp³-hybridized carbons (Fsp3) is 0.333. The topological polar surface area (TPSA) is 67.3 Å². The van der Waals surface area contributed by atoms with Crippen molar-refractivity contribution in [2.45, 2.75) is 31.2 Å². The Morgan fingerprint density at radius 2 is 1.87 bits per heavy atom. The van der Waals surface area contributed by atoms with Gasteiger partial charge in [0.25, 0.3) is 11.5 Å². The predicted molar refractivity (Wildman–Crippen MR) is 111 cm³/mol. The minimum Gasteiger partial charge on any atom is -0.374 e. The van der Waals surface area contributed by atoms with Crippen LogP contribution in [-0.4, -0.2) is 36.9 Å². The highest BCUT2D eigenvalue weighted by Gasteiger charge is 2.62. The van der Waals surface area contributed by atoms with Gasteiger partial charge in [-0.1, -0.05) is 34.4 Å². The highest BCUT2D eigenvalue weighted by atomic mass is 35.5. The summed E-state index contributed by atoms with van der Waals surface area (Å²) in [6.45, 7) is 3.41. The number of hydrogen-bond donors (Lipinski definition) is 2. The van der Waals surface area contributed by atoms with Crippen LogP contribution in [0.15, 0.2) is 41.6 Å². The van der Waals surface area contributed by atoms with E-state index < -0.39 is 18.2 Å². The van der Waals surface area contributed by atoms with Gasteiger partial charge in [0.2, 0.25) is 0 Å². The Kier molecular flexibility index (Phi) is 5.66. The normalized spacial score (nSPS) is 21.3. The molecular weight excluding hydrogens is 454 g/mol. The quantitative estimate of drug-likeness (QED) is 0.714. The lowest BCUT2D eigenvalue weighted by Crippen LogP contribution is -3.00. The molecule has 2 aliphatic heterocycles. The van der Waals surface area contributed by atoms with Crippen LogP contribution < -0.4 is 10.6 Å². The van der Waals surface area contributed by atoms with Crippen LogP contribution in [0.3, 0.4) is 0 Å². The molecule has 1 atom stereocenters. The number of hydrogen-bond acceptors (Lipinski definition) is 3. The molecule has 2 aromatic rings. The molecule has 2 aromatic carbocycles. The second kappa shape index (κ2) is 8.00. The van der Waals surface area contributed by atoms with Gasteiger partial charge < -0.3 is 15.5 Å². The second-order valence-corrected chi connectivity index (χ2v) is 8.62. The highest BCUT2D eigenvalue weighted by Crippen LogP contribution is 2.49. The Labute approximate surface area is 186 Å². The molecule has 0 bridgehead atoms.